The van der Waals surface area contributed by atoms with Crippen LogP contribution in [-0.2, 0) is 0 Å². The smallest absolute Gasteiger partial charge is 0.255 e. The lowest BCUT2D eigenvalue weighted by molar-refractivity contribution is 0.102. The summed E-state index contributed by atoms with van der Waals surface area (Å²) in [5.41, 5.74) is 13.7. The van der Waals surface area contributed by atoms with Gasteiger partial charge >= 0.3 is 0 Å². The molecular weight excluding hydrogens is 294 g/mol. The maximum absolute atomic E-state index is 11.9. The fourth-order valence-electron chi connectivity index (χ4n) is 1.44. The summed E-state index contributed by atoms with van der Waals surface area (Å²) < 4.78 is 0.748. The zero-order valence-electron chi connectivity index (χ0n) is 9.48. The largest absolute Gasteiger partial charge is 0.399 e. The number of benzene rings is 2. The highest BCUT2D eigenvalue weighted by atomic mass is 79.9. The van der Waals surface area contributed by atoms with Crippen LogP contribution in [0.2, 0.25) is 0 Å². The lowest BCUT2D eigenvalue weighted by Crippen LogP contribution is -2.11. The number of carbonyl (C=O) groups excluding carboxylic acids is 1. The molecule has 0 fully saturated rings. The highest BCUT2D eigenvalue weighted by Crippen LogP contribution is 2.23. The molecule has 0 radical (unpaired) electrons. The monoisotopic (exact) mass is 305 g/mol. The molecule has 1 amide bonds. The van der Waals surface area contributed by atoms with Crippen LogP contribution in [0.25, 0.3) is 0 Å². The van der Waals surface area contributed by atoms with Gasteiger partial charge in [0.25, 0.3) is 5.91 Å². The van der Waals surface area contributed by atoms with Crippen molar-refractivity contribution in [3.05, 3.63) is 52.5 Å². The third kappa shape index (κ3) is 2.81. The van der Waals surface area contributed by atoms with E-state index in [0.717, 1.165) is 4.47 Å². The Labute approximate surface area is 113 Å². The van der Waals surface area contributed by atoms with Crippen LogP contribution in [0.3, 0.4) is 0 Å². The van der Waals surface area contributed by atoms with E-state index in [4.69, 9.17) is 11.5 Å². The van der Waals surface area contributed by atoms with Gasteiger partial charge in [0, 0.05) is 27.1 Å². The molecule has 0 bridgehead atoms. The van der Waals surface area contributed by atoms with Crippen molar-refractivity contribution >= 4 is 38.9 Å². The van der Waals surface area contributed by atoms with Gasteiger partial charge in [0.1, 0.15) is 0 Å². The number of hydrogen-bond donors (Lipinski definition) is 3. The Morgan fingerprint density at radius 3 is 2.33 bits per heavy atom. The van der Waals surface area contributed by atoms with Crippen molar-refractivity contribution in [2.45, 2.75) is 0 Å². The first-order valence-electron chi connectivity index (χ1n) is 5.28. The molecular formula is C13H12BrN3O. The van der Waals surface area contributed by atoms with E-state index in [0.29, 0.717) is 22.6 Å². The molecule has 92 valence electrons. The SMILES string of the molecule is Nc1ccc(C(=O)Nc2ccc(N)c(Br)c2)cc1. The van der Waals surface area contributed by atoms with Crippen molar-refractivity contribution in [1.82, 2.24) is 0 Å². The van der Waals surface area contributed by atoms with E-state index >= 15 is 0 Å². The topological polar surface area (TPSA) is 81.1 Å². The van der Waals surface area contributed by atoms with Gasteiger partial charge in [-0.3, -0.25) is 4.79 Å². The molecule has 0 spiro atoms. The van der Waals surface area contributed by atoms with Gasteiger partial charge in [0.2, 0.25) is 0 Å². The van der Waals surface area contributed by atoms with Crippen LogP contribution >= 0.6 is 15.9 Å². The number of nitrogens with two attached hydrogens (primary N) is 2. The second kappa shape index (κ2) is 5.10. The number of nitrogens with one attached hydrogen (secondary N) is 1. The number of carbonyl (C=O) groups is 1. The quantitative estimate of drug-likeness (QED) is 0.746. The van der Waals surface area contributed by atoms with Crippen molar-refractivity contribution in [2.24, 2.45) is 0 Å². The van der Waals surface area contributed by atoms with E-state index in [-0.39, 0.29) is 5.91 Å². The average Bonchev–Trinajstić information content (AvgIpc) is 2.34. The van der Waals surface area contributed by atoms with Gasteiger partial charge in [-0.2, -0.15) is 0 Å². The summed E-state index contributed by atoms with van der Waals surface area (Å²) in [5, 5.41) is 2.78. The molecule has 0 heterocycles. The molecule has 5 N–H and O–H groups in total. The van der Waals surface area contributed by atoms with Gasteiger partial charge in [0.05, 0.1) is 0 Å². The molecule has 0 aliphatic heterocycles. The third-order valence-corrected chi connectivity index (χ3v) is 3.12. The fourth-order valence-corrected chi connectivity index (χ4v) is 1.82. The molecule has 2 rings (SSSR count). The normalized spacial score (nSPS) is 10.1. The minimum absolute atomic E-state index is 0.188. The Balaban J connectivity index is 2.16. The van der Waals surface area contributed by atoms with E-state index in [2.05, 4.69) is 21.2 Å². The lowest BCUT2D eigenvalue weighted by atomic mass is 10.2. The van der Waals surface area contributed by atoms with E-state index in [1.54, 1.807) is 42.5 Å². The molecule has 0 aliphatic carbocycles. The van der Waals surface area contributed by atoms with Crippen LogP contribution < -0.4 is 16.8 Å². The van der Waals surface area contributed by atoms with E-state index in [1.165, 1.54) is 0 Å². The summed E-state index contributed by atoms with van der Waals surface area (Å²) in [4.78, 5) is 11.9. The summed E-state index contributed by atoms with van der Waals surface area (Å²) in [6.07, 6.45) is 0. The van der Waals surface area contributed by atoms with Gasteiger partial charge < -0.3 is 16.8 Å². The van der Waals surface area contributed by atoms with Gasteiger partial charge in [-0.1, -0.05) is 0 Å². The molecule has 0 aromatic heterocycles. The van der Waals surface area contributed by atoms with Crippen molar-refractivity contribution in [3.63, 3.8) is 0 Å². The van der Waals surface area contributed by atoms with Crippen LogP contribution in [0.15, 0.2) is 46.9 Å². The Hall–Kier alpha value is -2.01. The van der Waals surface area contributed by atoms with Gasteiger partial charge in [-0.15, -0.1) is 0 Å². The molecule has 0 unspecified atom stereocenters. The summed E-state index contributed by atoms with van der Waals surface area (Å²) in [6, 6.07) is 12.0. The number of rotatable bonds is 2. The zero-order chi connectivity index (χ0) is 13.1. The second-order valence-corrected chi connectivity index (χ2v) is 4.67. The maximum atomic E-state index is 11.9. The summed E-state index contributed by atoms with van der Waals surface area (Å²) in [6.45, 7) is 0. The maximum Gasteiger partial charge on any atom is 0.255 e. The number of nitrogen functional groups attached to an aromatic ring is 2. The number of anilines is 3. The summed E-state index contributed by atoms with van der Waals surface area (Å²) >= 11 is 3.31. The molecule has 0 saturated heterocycles. The summed E-state index contributed by atoms with van der Waals surface area (Å²) in [7, 11) is 0. The molecule has 4 nitrogen and oxygen atoms in total. The molecule has 0 saturated carbocycles. The number of halogens is 1. The first-order valence-corrected chi connectivity index (χ1v) is 6.07. The fraction of sp³-hybridized carbons (Fsp3) is 0. The minimum Gasteiger partial charge on any atom is -0.399 e. The molecule has 2 aromatic rings. The van der Waals surface area contributed by atoms with Crippen molar-refractivity contribution in [3.8, 4) is 0 Å². The first-order chi connectivity index (χ1) is 8.56. The lowest BCUT2D eigenvalue weighted by Gasteiger charge is -2.07. The Morgan fingerprint density at radius 1 is 1.06 bits per heavy atom. The number of amides is 1. The molecule has 0 atom stereocenters. The Bertz CT molecular complexity index is 581. The highest BCUT2D eigenvalue weighted by Gasteiger charge is 2.06. The third-order valence-electron chi connectivity index (χ3n) is 2.43. The van der Waals surface area contributed by atoms with Crippen molar-refractivity contribution in [2.75, 3.05) is 16.8 Å². The second-order valence-electron chi connectivity index (χ2n) is 3.81. The van der Waals surface area contributed by atoms with Crippen molar-refractivity contribution < 1.29 is 4.79 Å². The predicted molar refractivity (Wildman–Crippen MR) is 77.4 cm³/mol. The standard InChI is InChI=1S/C13H12BrN3O/c14-11-7-10(5-6-12(11)16)17-13(18)8-1-3-9(15)4-2-8/h1-7H,15-16H2,(H,17,18). The van der Waals surface area contributed by atoms with Crippen molar-refractivity contribution in [1.29, 1.82) is 0 Å². The van der Waals surface area contributed by atoms with Crippen LogP contribution in [0.4, 0.5) is 17.1 Å². The van der Waals surface area contributed by atoms with E-state index in [1.807, 2.05) is 0 Å². The van der Waals surface area contributed by atoms with Crippen LogP contribution in [0.1, 0.15) is 10.4 Å². The molecule has 18 heavy (non-hydrogen) atoms. The summed E-state index contributed by atoms with van der Waals surface area (Å²) in [5.74, 6) is -0.188. The molecule has 5 heteroatoms. The van der Waals surface area contributed by atoms with Gasteiger partial charge in [-0.25, -0.2) is 0 Å². The highest BCUT2D eigenvalue weighted by molar-refractivity contribution is 9.10. The predicted octanol–water partition coefficient (Wildman–Crippen LogP) is 2.87. The Kier molecular flexibility index (Phi) is 3.53. The molecule has 2 aromatic carbocycles. The first kappa shape index (κ1) is 12.4. The van der Waals surface area contributed by atoms with Crippen LogP contribution in [-0.4, -0.2) is 5.91 Å². The van der Waals surface area contributed by atoms with Gasteiger partial charge in [0.15, 0.2) is 0 Å². The average molecular weight is 306 g/mol. The zero-order valence-corrected chi connectivity index (χ0v) is 11.1. The Morgan fingerprint density at radius 2 is 1.72 bits per heavy atom. The van der Waals surface area contributed by atoms with Crippen LogP contribution in [0.5, 0.6) is 0 Å². The molecule has 0 aliphatic rings. The number of hydrogen-bond acceptors (Lipinski definition) is 3. The van der Waals surface area contributed by atoms with Crippen LogP contribution in [0, 0.1) is 0 Å². The van der Waals surface area contributed by atoms with E-state index in [9.17, 15) is 4.79 Å². The minimum atomic E-state index is -0.188. The van der Waals surface area contributed by atoms with Gasteiger partial charge in [-0.05, 0) is 58.4 Å². The van der Waals surface area contributed by atoms with E-state index < -0.39 is 0 Å².